The first-order valence-corrected chi connectivity index (χ1v) is 5.92. The van der Waals surface area contributed by atoms with Crippen LogP contribution in [0.5, 0.6) is 0 Å². The number of ether oxygens (including phenoxy) is 1. The van der Waals surface area contributed by atoms with Crippen molar-refractivity contribution in [2.75, 3.05) is 13.1 Å². The highest BCUT2D eigenvalue weighted by atomic mass is 16.6. The topological polar surface area (TPSA) is 29.5 Å². The van der Waals surface area contributed by atoms with Crippen molar-refractivity contribution in [3.63, 3.8) is 0 Å². The maximum absolute atomic E-state index is 11.8. The van der Waals surface area contributed by atoms with Gasteiger partial charge in [0.15, 0.2) is 0 Å². The zero-order valence-corrected chi connectivity index (χ0v) is 10.8. The van der Waals surface area contributed by atoms with Crippen LogP contribution in [0.2, 0.25) is 0 Å². The molecule has 0 spiro atoms. The lowest BCUT2D eigenvalue weighted by molar-refractivity contribution is 0.0285. The first kappa shape index (κ1) is 13.1. The Morgan fingerprint density at radius 1 is 1.50 bits per heavy atom. The molecule has 92 valence electrons. The molecule has 1 rings (SSSR count). The minimum atomic E-state index is -0.406. The molecule has 0 saturated carbocycles. The Labute approximate surface area is 98.5 Å². The van der Waals surface area contributed by atoms with Crippen molar-refractivity contribution in [1.82, 2.24) is 4.90 Å². The van der Waals surface area contributed by atoms with Gasteiger partial charge >= 0.3 is 6.09 Å². The van der Waals surface area contributed by atoms with Gasteiger partial charge in [0.1, 0.15) is 5.60 Å². The average molecular weight is 225 g/mol. The molecule has 1 aliphatic heterocycles. The third-order valence-corrected chi connectivity index (χ3v) is 2.89. The second-order valence-corrected chi connectivity index (χ2v) is 5.65. The molecular weight excluding hydrogens is 202 g/mol. The van der Waals surface area contributed by atoms with Crippen molar-refractivity contribution in [2.45, 2.75) is 39.7 Å². The maximum atomic E-state index is 11.8. The van der Waals surface area contributed by atoms with Crippen LogP contribution < -0.4 is 0 Å². The van der Waals surface area contributed by atoms with Crippen LogP contribution in [0.4, 0.5) is 4.79 Å². The molecule has 1 fully saturated rings. The summed E-state index contributed by atoms with van der Waals surface area (Å²) in [4.78, 5) is 13.6. The molecule has 0 N–H and O–H groups in total. The van der Waals surface area contributed by atoms with Crippen LogP contribution in [-0.2, 0) is 4.74 Å². The quantitative estimate of drug-likeness (QED) is 0.676. The first-order chi connectivity index (χ1) is 7.33. The molecule has 2 atom stereocenters. The van der Waals surface area contributed by atoms with E-state index < -0.39 is 5.60 Å². The third kappa shape index (κ3) is 3.54. The summed E-state index contributed by atoms with van der Waals surface area (Å²) in [5.41, 5.74) is -0.406. The SMILES string of the molecule is C=CC[C@H]1CN(C(=O)OC(C)(C)C)C[C@H]1C. The second-order valence-electron chi connectivity index (χ2n) is 5.65. The van der Waals surface area contributed by atoms with E-state index in [1.54, 1.807) is 0 Å². The molecule has 0 radical (unpaired) electrons. The van der Waals surface area contributed by atoms with Gasteiger partial charge in [0.05, 0.1) is 0 Å². The van der Waals surface area contributed by atoms with Gasteiger partial charge in [-0.25, -0.2) is 4.79 Å². The van der Waals surface area contributed by atoms with E-state index in [0.29, 0.717) is 11.8 Å². The summed E-state index contributed by atoms with van der Waals surface area (Å²) in [6.45, 7) is 13.2. The number of rotatable bonds is 2. The van der Waals surface area contributed by atoms with Gasteiger partial charge in [0, 0.05) is 13.1 Å². The van der Waals surface area contributed by atoms with Crippen LogP contribution in [0.3, 0.4) is 0 Å². The molecule has 1 heterocycles. The highest BCUT2D eigenvalue weighted by molar-refractivity contribution is 5.68. The summed E-state index contributed by atoms with van der Waals surface area (Å²) in [5, 5.41) is 0. The largest absolute Gasteiger partial charge is 0.444 e. The van der Waals surface area contributed by atoms with Gasteiger partial charge in [-0.05, 0) is 39.0 Å². The Hall–Kier alpha value is -0.990. The van der Waals surface area contributed by atoms with Gasteiger partial charge < -0.3 is 9.64 Å². The lowest BCUT2D eigenvalue weighted by Gasteiger charge is -2.24. The predicted molar refractivity (Wildman–Crippen MR) is 65.3 cm³/mol. The standard InChI is InChI=1S/C13H23NO2/c1-6-7-11-9-14(8-10(11)2)12(15)16-13(3,4)5/h6,10-11H,1,7-9H2,2-5H3/t10-,11+/m1/s1. The van der Waals surface area contributed by atoms with E-state index in [4.69, 9.17) is 4.74 Å². The van der Waals surface area contributed by atoms with Crippen molar-refractivity contribution in [3.05, 3.63) is 12.7 Å². The second kappa shape index (κ2) is 4.89. The fraction of sp³-hybridized carbons (Fsp3) is 0.769. The zero-order valence-electron chi connectivity index (χ0n) is 10.8. The molecule has 0 bridgehead atoms. The van der Waals surface area contributed by atoms with Crippen molar-refractivity contribution in [2.24, 2.45) is 11.8 Å². The maximum Gasteiger partial charge on any atom is 0.410 e. The Morgan fingerprint density at radius 2 is 2.12 bits per heavy atom. The highest BCUT2D eigenvalue weighted by Crippen LogP contribution is 2.27. The average Bonchev–Trinajstić information content (AvgIpc) is 2.46. The number of allylic oxidation sites excluding steroid dienone is 1. The number of amides is 1. The van der Waals surface area contributed by atoms with Crippen LogP contribution >= 0.6 is 0 Å². The number of likely N-dealkylation sites (tertiary alicyclic amines) is 1. The Balaban J connectivity index is 2.51. The molecule has 0 aromatic rings. The van der Waals surface area contributed by atoms with Crippen molar-refractivity contribution in [1.29, 1.82) is 0 Å². The van der Waals surface area contributed by atoms with Crippen molar-refractivity contribution in [3.8, 4) is 0 Å². The minimum Gasteiger partial charge on any atom is -0.444 e. The van der Waals surface area contributed by atoms with E-state index in [0.717, 1.165) is 19.5 Å². The van der Waals surface area contributed by atoms with Crippen LogP contribution in [-0.4, -0.2) is 29.7 Å². The van der Waals surface area contributed by atoms with Gasteiger partial charge in [-0.15, -0.1) is 6.58 Å². The fourth-order valence-corrected chi connectivity index (χ4v) is 2.03. The van der Waals surface area contributed by atoms with Crippen LogP contribution in [0.25, 0.3) is 0 Å². The van der Waals surface area contributed by atoms with Crippen LogP contribution in [0.1, 0.15) is 34.1 Å². The molecule has 1 amide bonds. The molecule has 0 aliphatic carbocycles. The number of hydrogen-bond donors (Lipinski definition) is 0. The number of hydrogen-bond acceptors (Lipinski definition) is 2. The van der Waals surface area contributed by atoms with E-state index in [1.807, 2.05) is 31.7 Å². The molecule has 0 unspecified atom stereocenters. The number of carbonyl (C=O) groups is 1. The van der Waals surface area contributed by atoms with Crippen LogP contribution in [0.15, 0.2) is 12.7 Å². The van der Waals surface area contributed by atoms with E-state index in [1.165, 1.54) is 0 Å². The Bertz CT molecular complexity index is 268. The smallest absolute Gasteiger partial charge is 0.410 e. The summed E-state index contributed by atoms with van der Waals surface area (Å²) in [6, 6.07) is 0. The molecule has 16 heavy (non-hydrogen) atoms. The summed E-state index contributed by atoms with van der Waals surface area (Å²) in [7, 11) is 0. The fourth-order valence-electron chi connectivity index (χ4n) is 2.03. The van der Waals surface area contributed by atoms with Crippen molar-refractivity contribution >= 4 is 6.09 Å². The van der Waals surface area contributed by atoms with E-state index in [-0.39, 0.29) is 6.09 Å². The van der Waals surface area contributed by atoms with Gasteiger partial charge in [0.25, 0.3) is 0 Å². The van der Waals surface area contributed by atoms with Gasteiger partial charge in [-0.1, -0.05) is 13.0 Å². The van der Waals surface area contributed by atoms with Gasteiger partial charge in [-0.3, -0.25) is 0 Å². The molecule has 0 aromatic carbocycles. The Kier molecular flexibility index (Phi) is 4.00. The van der Waals surface area contributed by atoms with Gasteiger partial charge in [-0.2, -0.15) is 0 Å². The summed E-state index contributed by atoms with van der Waals surface area (Å²) in [6.07, 6.45) is 2.71. The van der Waals surface area contributed by atoms with E-state index >= 15 is 0 Å². The number of carbonyl (C=O) groups excluding carboxylic acids is 1. The highest BCUT2D eigenvalue weighted by Gasteiger charge is 2.33. The summed E-state index contributed by atoms with van der Waals surface area (Å²) in [5.74, 6) is 1.07. The molecular formula is C13H23NO2. The Morgan fingerprint density at radius 3 is 2.62 bits per heavy atom. The molecule has 3 heteroatoms. The van der Waals surface area contributed by atoms with E-state index in [9.17, 15) is 4.79 Å². The summed E-state index contributed by atoms with van der Waals surface area (Å²) >= 11 is 0. The van der Waals surface area contributed by atoms with Gasteiger partial charge in [0.2, 0.25) is 0 Å². The van der Waals surface area contributed by atoms with E-state index in [2.05, 4.69) is 13.5 Å². The van der Waals surface area contributed by atoms with Crippen molar-refractivity contribution < 1.29 is 9.53 Å². The number of nitrogens with zero attached hydrogens (tertiary/aromatic N) is 1. The predicted octanol–water partition coefficient (Wildman–Crippen LogP) is 3.07. The van der Waals surface area contributed by atoms with Crippen LogP contribution in [0, 0.1) is 11.8 Å². The molecule has 0 aromatic heterocycles. The normalized spacial score (nSPS) is 25.6. The molecule has 1 saturated heterocycles. The lowest BCUT2D eigenvalue weighted by Crippen LogP contribution is -2.35. The third-order valence-electron chi connectivity index (χ3n) is 2.89. The summed E-state index contributed by atoms with van der Waals surface area (Å²) < 4.78 is 5.36. The lowest BCUT2D eigenvalue weighted by atomic mass is 9.95. The zero-order chi connectivity index (χ0) is 12.3. The molecule has 1 aliphatic rings. The monoisotopic (exact) mass is 225 g/mol. The molecule has 3 nitrogen and oxygen atoms in total. The first-order valence-electron chi connectivity index (χ1n) is 5.92. The minimum absolute atomic E-state index is 0.189.